The first kappa shape index (κ1) is 23.4. The van der Waals surface area contributed by atoms with E-state index in [0.717, 1.165) is 45.2 Å². The molecule has 0 radical (unpaired) electrons. The number of nitrogens with one attached hydrogen (secondary N) is 2. The SMILES string of the molecule is CN=C(NCC(C)N1CCN(C)CC1)NCC1(c2ccccc2)CCCC1.I. The van der Waals surface area contributed by atoms with E-state index in [1.807, 2.05) is 7.05 Å². The zero-order chi connectivity index (χ0) is 19.1. The molecule has 6 heteroatoms. The minimum Gasteiger partial charge on any atom is -0.356 e. The van der Waals surface area contributed by atoms with Crippen molar-refractivity contribution in [3.05, 3.63) is 35.9 Å². The lowest BCUT2D eigenvalue weighted by atomic mass is 9.79. The molecule has 1 unspecified atom stereocenters. The van der Waals surface area contributed by atoms with E-state index in [-0.39, 0.29) is 29.4 Å². The molecule has 0 spiro atoms. The van der Waals surface area contributed by atoms with Crippen molar-refractivity contribution >= 4 is 29.9 Å². The van der Waals surface area contributed by atoms with E-state index in [0.29, 0.717) is 6.04 Å². The van der Waals surface area contributed by atoms with Gasteiger partial charge in [-0.05, 0) is 32.4 Å². The quantitative estimate of drug-likeness (QED) is 0.359. The van der Waals surface area contributed by atoms with E-state index in [1.165, 1.54) is 31.2 Å². The second kappa shape index (κ2) is 11.4. The van der Waals surface area contributed by atoms with Gasteiger partial charge in [-0.3, -0.25) is 9.89 Å². The third-order valence-electron chi connectivity index (χ3n) is 6.49. The lowest BCUT2D eigenvalue weighted by molar-refractivity contribution is 0.120. The summed E-state index contributed by atoms with van der Waals surface area (Å²) >= 11 is 0. The zero-order valence-electron chi connectivity index (χ0n) is 17.8. The van der Waals surface area contributed by atoms with Crippen molar-refractivity contribution in [3.8, 4) is 0 Å². The molecule has 28 heavy (non-hydrogen) atoms. The molecule has 2 fully saturated rings. The third kappa shape index (κ3) is 6.07. The molecule has 1 heterocycles. The van der Waals surface area contributed by atoms with E-state index in [9.17, 15) is 0 Å². The minimum absolute atomic E-state index is 0. The van der Waals surface area contributed by atoms with E-state index in [1.54, 1.807) is 0 Å². The van der Waals surface area contributed by atoms with Crippen LogP contribution in [0.15, 0.2) is 35.3 Å². The molecule has 2 aliphatic rings. The molecular formula is C22H38IN5. The molecule has 1 saturated carbocycles. The fraction of sp³-hybridized carbons (Fsp3) is 0.682. The molecule has 1 atom stereocenters. The van der Waals surface area contributed by atoms with Gasteiger partial charge in [-0.25, -0.2) is 0 Å². The maximum atomic E-state index is 4.47. The number of hydrogen-bond acceptors (Lipinski definition) is 3. The molecule has 2 N–H and O–H groups in total. The van der Waals surface area contributed by atoms with Gasteiger partial charge in [-0.2, -0.15) is 0 Å². The molecule has 0 amide bonds. The maximum Gasteiger partial charge on any atom is 0.191 e. The second-order valence-corrected chi connectivity index (χ2v) is 8.35. The van der Waals surface area contributed by atoms with Gasteiger partial charge in [0.1, 0.15) is 0 Å². The maximum absolute atomic E-state index is 4.47. The van der Waals surface area contributed by atoms with Crippen LogP contribution in [0.5, 0.6) is 0 Å². The van der Waals surface area contributed by atoms with Gasteiger partial charge < -0.3 is 15.5 Å². The zero-order valence-corrected chi connectivity index (χ0v) is 20.1. The summed E-state index contributed by atoms with van der Waals surface area (Å²) in [6.45, 7) is 8.84. The van der Waals surface area contributed by atoms with Gasteiger partial charge in [0.15, 0.2) is 5.96 Å². The monoisotopic (exact) mass is 499 g/mol. The first-order chi connectivity index (χ1) is 13.1. The average molecular weight is 499 g/mol. The summed E-state index contributed by atoms with van der Waals surface area (Å²) < 4.78 is 0. The molecule has 158 valence electrons. The molecular weight excluding hydrogens is 461 g/mol. The number of nitrogens with zero attached hydrogens (tertiary/aromatic N) is 3. The Labute approximate surface area is 188 Å². The molecule has 1 aliphatic heterocycles. The third-order valence-corrected chi connectivity index (χ3v) is 6.49. The van der Waals surface area contributed by atoms with Crippen LogP contribution in [0.25, 0.3) is 0 Å². The van der Waals surface area contributed by atoms with Crippen LogP contribution in [0.1, 0.15) is 38.2 Å². The molecule has 3 rings (SSSR count). The molecule has 1 aliphatic carbocycles. The highest BCUT2D eigenvalue weighted by molar-refractivity contribution is 14.0. The van der Waals surface area contributed by atoms with Crippen molar-refractivity contribution in [2.75, 3.05) is 53.4 Å². The number of piperazine rings is 1. The number of likely N-dealkylation sites (N-methyl/N-ethyl adjacent to an activating group) is 1. The van der Waals surface area contributed by atoms with Crippen LogP contribution in [0.2, 0.25) is 0 Å². The summed E-state index contributed by atoms with van der Waals surface area (Å²) in [7, 11) is 4.08. The molecule has 1 aromatic carbocycles. The molecule has 0 bridgehead atoms. The van der Waals surface area contributed by atoms with Gasteiger partial charge in [0.25, 0.3) is 0 Å². The minimum atomic E-state index is 0. The lowest BCUT2D eigenvalue weighted by Gasteiger charge is -2.36. The summed E-state index contributed by atoms with van der Waals surface area (Å²) in [5.74, 6) is 0.929. The Balaban J connectivity index is 0.00000280. The molecule has 1 aromatic rings. The van der Waals surface area contributed by atoms with Crippen LogP contribution in [0.4, 0.5) is 0 Å². The number of aliphatic imine (C=N–C) groups is 1. The second-order valence-electron chi connectivity index (χ2n) is 8.35. The smallest absolute Gasteiger partial charge is 0.191 e. The van der Waals surface area contributed by atoms with Crippen LogP contribution in [0, 0.1) is 0 Å². The van der Waals surface area contributed by atoms with E-state index >= 15 is 0 Å². The van der Waals surface area contributed by atoms with Crippen molar-refractivity contribution in [2.24, 2.45) is 4.99 Å². The summed E-state index contributed by atoms with van der Waals surface area (Å²) in [5.41, 5.74) is 1.72. The number of hydrogen-bond donors (Lipinski definition) is 2. The Morgan fingerprint density at radius 1 is 1.07 bits per heavy atom. The highest BCUT2D eigenvalue weighted by Crippen LogP contribution is 2.40. The van der Waals surface area contributed by atoms with Crippen LogP contribution >= 0.6 is 24.0 Å². The van der Waals surface area contributed by atoms with E-state index < -0.39 is 0 Å². The highest BCUT2D eigenvalue weighted by atomic mass is 127. The topological polar surface area (TPSA) is 42.9 Å². The normalized spacial score (nSPS) is 21.8. The first-order valence-electron chi connectivity index (χ1n) is 10.6. The van der Waals surface area contributed by atoms with Crippen LogP contribution < -0.4 is 10.6 Å². The molecule has 1 saturated heterocycles. The number of benzene rings is 1. The van der Waals surface area contributed by atoms with Crippen molar-refractivity contribution in [3.63, 3.8) is 0 Å². The Bertz CT molecular complexity index is 592. The van der Waals surface area contributed by atoms with Gasteiger partial charge in [-0.1, -0.05) is 43.2 Å². The van der Waals surface area contributed by atoms with Gasteiger partial charge in [0, 0.05) is 57.8 Å². The van der Waals surface area contributed by atoms with Crippen LogP contribution in [-0.2, 0) is 5.41 Å². The standard InChI is InChI=1S/C22H37N5.HI/c1-19(27-15-13-26(3)14-16-27)17-24-21(23-2)25-18-22(11-7-8-12-22)20-9-5-4-6-10-20;/h4-6,9-10,19H,7-8,11-18H2,1-3H3,(H2,23,24,25);1H. The van der Waals surface area contributed by atoms with Crippen LogP contribution in [-0.4, -0.2) is 75.2 Å². The summed E-state index contributed by atoms with van der Waals surface area (Å²) in [6, 6.07) is 11.5. The Morgan fingerprint density at radius 3 is 2.32 bits per heavy atom. The molecule has 0 aromatic heterocycles. The van der Waals surface area contributed by atoms with Crippen molar-refractivity contribution in [2.45, 2.75) is 44.1 Å². The predicted molar refractivity (Wildman–Crippen MR) is 130 cm³/mol. The lowest BCUT2D eigenvalue weighted by Crippen LogP contribution is -2.53. The number of guanidine groups is 1. The Kier molecular flexibility index (Phi) is 9.50. The van der Waals surface area contributed by atoms with Crippen LogP contribution in [0.3, 0.4) is 0 Å². The Hall–Kier alpha value is -0.860. The Morgan fingerprint density at radius 2 is 1.71 bits per heavy atom. The van der Waals surface area contributed by atoms with Gasteiger partial charge in [-0.15, -0.1) is 24.0 Å². The van der Waals surface area contributed by atoms with E-state index in [4.69, 9.17) is 0 Å². The average Bonchev–Trinajstić information content (AvgIpc) is 3.19. The fourth-order valence-electron chi connectivity index (χ4n) is 4.52. The summed E-state index contributed by atoms with van der Waals surface area (Å²) in [6.07, 6.45) is 5.17. The van der Waals surface area contributed by atoms with E-state index in [2.05, 4.69) is 69.7 Å². The van der Waals surface area contributed by atoms with Crippen molar-refractivity contribution in [1.82, 2.24) is 20.4 Å². The largest absolute Gasteiger partial charge is 0.356 e. The fourth-order valence-corrected chi connectivity index (χ4v) is 4.52. The van der Waals surface area contributed by atoms with Crippen molar-refractivity contribution < 1.29 is 0 Å². The van der Waals surface area contributed by atoms with Gasteiger partial charge in [0.05, 0.1) is 0 Å². The molecule has 5 nitrogen and oxygen atoms in total. The first-order valence-corrected chi connectivity index (χ1v) is 10.6. The number of halogens is 1. The van der Waals surface area contributed by atoms with Crippen molar-refractivity contribution in [1.29, 1.82) is 0 Å². The predicted octanol–water partition coefficient (Wildman–Crippen LogP) is 2.92. The summed E-state index contributed by atoms with van der Waals surface area (Å²) in [5, 5.41) is 7.18. The number of rotatable bonds is 6. The highest BCUT2D eigenvalue weighted by Gasteiger charge is 2.35. The summed E-state index contributed by atoms with van der Waals surface area (Å²) in [4.78, 5) is 9.45. The van der Waals surface area contributed by atoms with Gasteiger partial charge >= 0.3 is 0 Å². The van der Waals surface area contributed by atoms with Gasteiger partial charge in [0.2, 0.25) is 0 Å².